The van der Waals surface area contributed by atoms with Crippen LogP contribution in [0.1, 0.15) is 37.4 Å². The minimum Gasteiger partial charge on any atom is -0.487 e. The van der Waals surface area contributed by atoms with Crippen LogP contribution >= 0.6 is 24.0 Å². The zero-order chi connectivity index (χ0) is 19.6. The Morgan fingerprint density at radius 1 is 1.17 bits per heavy atom. The minimum absolute atomic E-state index is 0. The maximum Gasteiger partial charge on any atom is 0.191 e. The molecule has 3 aromatic rings. The van der Waals surface area contributed by atoms with E-state index < -0.39 is 0 Å². The van der Waals surface area contributed by atoms with Crippen LogP contribution in [0.15, 0.2) is 59.7 Å². The van der Waals surface area contributed by atoms with Crippen molar-refractivity contribution in [2.75, 3.05) is 13.6 Å². The lowest BCUT2D eigenvalue weighted by Crippen LogP contribution is -2.45. The number of aliphatic imine (C=N–C) groups is 1. The van der Waals surface area contributed by atoms with Gasteiger partial charge in [0.2, 0.25) is 0 Å². The molecule has 6 heteroatoms. The van der Waals surface area contributed by atoms with Crippen molar-refractivity contribution < 1.29 is 4.74 Å². The average molecular weight is 504 g/mol. The van der Waals surface area contributed by atoms with Crippen LogP contribution in [-0.4, -0.2) is 30.1 Å². The molecule has 154 valence electrons. The topological polar surface area (TPSA) is 61.4 Å². The second-order valence-electron chi connectivity index (χ2n) is 7.91. The summed E-state index contributed by atoms with van der Waals surface area (Å²) in [6, 6.07) is 16.8. The highest BCUT2D eigenvalue weighted by atomic mass is 127. The van der Waals surface area contributed by atoms with Crippen molar-refractivity contribution >= 4 is 40.8 Å². The Hall–Kier alpha value is -2.22. The van der Waals surface area contributed by atoms with E-state index >= 15 is 0 Å². The molecule has 1 atom stereocenters. The number of nitrogens with one attached hydrogen (secondary N) is 3. The van der Waals surface area contributed by atoms with Gasteiger partial charge in [-0.2, -0.15) is 0 Å². The largest absolute Gasteiger partial charge is 0.487 e. The van der Waals surface area contributed by atoms with Gasteiger partial charge in [-0.25, -0.2) is 0 Å². The molecule has 0 amide bonds. The van der Waals surface area contributed by atoms with Crippen molar-refractivity contribution in [1.29, 1.82) is 0 Å². The fourth-order valence-corrected chi connectivity index (χ4v) is 3.94. The van der Waals surface area contributed by atoms with Crippen LogP contribution in [-0.2, 0) is 6.42 Å². The minimum atomic E-state index is -0.213. The number of hydrogen-bond donors (Lipinski definition) is 3. The third-order valence-electron chi connectivity index (χ3n) is 5.27. The number of halogens is 1. The predicted octanol–water partition coefficient (Wildman–Crippen LogP) is 4.80. The summed E-state index contributed by atoms with van der Waals surface area (Å²) in [4.78, 5) is 7.77. The number of nitrogens with zero attached hydrogens (tertiary/aromatic N) is 1. The summed E-state index contributed by atoms with van der Waals surface area (Å²) >= 11 is 0. The maximum absolute atomic E-state index is 6.13. The molecule has 2 aromatic carbocycles. The molecule has 0 saturated heterocycles. The first-order valence-corrected chi connectivity index (χ1v) is 9.86. The highest BCUT2D eigenvalue weighted by molar-refractivity contribution is 14.0. The molecular weight excluding hydrogens is 475 g/mol. The number of aromatic amines is 1. The van der Waals surface area contributed by atoms with E-state index in [1.807, 2.05) is 19.2 Å². The fourth-order valence-electron chi connectivity index (χ4n) is 3.94. The fraction of sp³-hybridized carbons (Fsp3) is 0.348. The molecule has 1 aliphatic heterocycles. The lowest BCUT2D eigenvalue weighted by atomic mass is 9.90. The van der Waals surface area contributed by atoms with Crippen molar-refractivity contribution in [1.82, 2.24) is 15.6 Å². The number of H-pyrrole nitrogens is 1. The summed E-state index contributed by atoms with van der Waals surface area (Å²) < 4.78 is 6.13. The molecule has 0 bridgehead atoms. The van der Waals surface area contributed by atoms with Gasteiger partial charge in [0, 0.05) is 42.7 Å². The number of para-hydroxylation sites is 2. The van der Waals surface area contributed by atoms with Gasteiger partial charge in [0.15, 0.2) is 5.96 Å². The van der Waals surface area contributed by atoms with Crippen LogP contribution in [0, 0.1) is 0 Å². The normalized spacial score (nSPS) is 17.8. The Bertz CT molecular complexity index is 995. The molecule has 1 aromatic heterocycles. The molecule has 2 heterocycles. The number of benzene rings is 2. The number of aromatic nitrogens is 1. The van der Waals surface area contributed by atoms with Gasteiger partial charge < -0.3 is 20.4 Å². The van der Waals surface area contributed by atoms with Crippen LogP contribution in [0.25, 0.3) is 10.9 Å². The molecule has 29 heavy (non-hydrogen) atoms. The Labute approximate surface area is 189 Å². The van der Waals surface area contributed by atoms with E-state index in [-0.39, 0.29) is 35.6 Å². The first-order chi connectivity index (χ1) is 13.6. The molecule has 0 spiro atoms. The zero-order valence-corrected chi connectivity index (χ0v) is 19.5. The van der Waals surface area contributed by atoms with Gasteiger partial charge in [-0.1, -0.05) is 36.4 Å². The van der Waals surface area contributed by atoms with Crippen LogP contribution in [0.5, 0.6) is 5.75 Å². The summed E-state index contributed by atoms with van der Waals surface area (Å²) in [6.45, 7) is 5.07. The van der Waals surface area contributed by atoms with Crippen LogP contribution in [0.3, 0.4) is 0 Å². The van der Waals surface area contributed by atoms with Gasteiger partial charge in [0.1, 0.15) is 11.4 Å². The Kier molecular flexibility index (Phi) is 6.72. The Balaban J connectivity index is 0.00000240. The second kappa shape index (κ2) is 9.07. The highest BCUT2D eigenvalue weighted by Crippen LogP contribution is 2.39. The molecule has 0 saturated carbocycles. The monoisotopic (exact) mass is 504 g/mol. The zero-order valence-electron chi connectivity index (χ0n) is 17.2. The molecular formula is C23H29IN4O. The van der Waals surface area contributed by atoms with E-state index in [9.17, 15) is 0 Å². The smallest absolute Gasteiger partial charge is 0.191 e. The number of rotatable bonds is 4. The molecule has 4 rings (SSSR count). The first kappa shape index (κ1) is 21.5. The highest BCUT2D eigenvalue weighted by Gasteiger charge is 2.33. The molecule has 0 fully saturated rings. The Morgan fingerprint density at radius 2 is 1.93 bits per heavy atom. The summed E-state index contributed by atoms with van der Waals surface area (Å²) in [5.41, 5.74) is 3.47. The average Bonchev–Trinajstić information content (AvgIpc) is 3.09. The maximum atomic E-state index is 6.13. The molecule has 0 aliphatic carbocycles. The summed E-state index contributed by atoms with van der Waals surface area (Å²) in [6.07, 6.45) is 3.91. The van der Waals surface area contributed by atoms with Crippen molar-refractivity contribution in [3.05, 3.63) is 65.9 Å². The van der Waals surface area contributed by atoms with Gasteiger partial charge in [-0.3, -0.25) is 4.99 Å². The molecule has 3 N–H and O–H groups in total. The Morgan fingerprint density at radius 3 is 2.76 bits per heavy atom. The van der Waals surface area contributed by atoms with Crippen LogP contribution in [0.4, 0.5) is 0 Å². The third-order valence-corrected chi connectivity index (χ3v) is 5.27. The lowest BCUT2D eigenvalue weighted by Gasteiger charge is -2.38. The molecule has 0 radical (unpaired) electrons. The van der Waals surface area contributed by atoms with E-state index in [1.165, 1.54) is 22.0 Å². The van der Waals surface area contributed by atoms with Crippen molar-refractivity contribution in [3.63, 3.8) is 0 Å². The van der Waals surface area contributed by atoms with Crippen molar-refractivity contribution in [2.45, 2.75) is 38.3 Å². The van der Waals surface area contributed by atoms with Crippen LogP contribution in [0.2, 0.25) is 0 Å². The van der Waals surface area contributed by atoms with Crippen molar-refractivity contribution in [2.24, 2.45) is 4.99 Å². The van der Waals surface area contributed by atoms with E-state index in [1.54, 1.807) is 0 Å². The second-order valence-corrected chi connectivity index (χ2v) is 7.91. The quantitative estimate of drug-likeness (QED) is 0.272. The predicted molar refractivity (Wildman–Crippen MR) is 130 cm³/mol. The van der Waals surface area contributed by atoms with Gasteiger partial charge in [-0.05, 0) is 38.0 Å². The summed E-state index contributed by atoms with van der Waals surface area (Å²) in [5.74, 6) is 1.77. The first-order valence-electron chi connectivity index (χ1n) is 9.86. The number of hydrogen-bond acceptors (Lipinski definition) is 2. The number of ether oxygens (including phenoxy) is 1. The summed E-state index contributed by atoms with van der Waals surface area (Å²) in [7, 11) is 1.82. The third kappa shape index (κ3) is 4.86. The van der Waals surface area contributed by atoms with Crippen molar-refractivity contribution in [3.8, 4) is 5.75 Å². The van der Waals surface area contributed by atoms with E-state index in [0.717, 1.165) is 31.1 Å². The molecule has 1 unspecified atom stereocenters. The number of fused-ring (bicyclic) bond motifs is 2. The van der Waals surface area contributed by atoms with Gasteiger partial charge in [-0.15, -0.1) is 24.0 Å². The van der Waals surface area contributed by atoms with Crippen LogP contribution < -0.4 is 15.4 Å². The van der Waals surface area contributed by atoms with E-state index in [4.69, 9.17) is 4.74 Å². The van der Waals surface area contributed by atoms with Gasteiger partial charge in [0.05, 0.1) is 6.04 Å². The van der Waals surface area contributed by atoms with E-state index in [0.29, 0.717) is 0 Å². The van der Waals surface area contributed by atoms with E-state index in [2.05, 4.69) is 77.1 Å². The van der Waals surface area contributed by atoms with Gasteiger partial charge >= 0.3 is 0 Å². The standard InChI is InChI=1S/C23H28N4O.HI/c1-23(2)14-20(18-9-5-7-11-21(18)28-23)27-22(24-3)25-13-12-16-15-26-19-10-6-4-8-17(16)19;/h4-11,15,20,26H,12-14H2,1-3H3,(H2,24,25,27);1H. The molecule has 1 aliphatic rings. The lowest BCUT2D eigenvalue weighted by molar-refractivity contribution is 0.0694. The summed E-state index contributed by atoms with van der Waals surface area (Å²) in [5, 5.41) is 8.33. The SMILES string of the molecule is CN=C(NCCc1c[nH]c2ccccc12)NC1CC(C)(C)Oc2ccccc21.I. The molecule has 5 nitrogen and oxygen atoms in total. The van der Waals surface area contributed by atoms with Gasteiger partial charge in [0.25, 0.3) is 0 Å². The number of guanidine groups is 1.